The number of ether oxygens (including phenoxy) is 1. The van der Waals surface area contributed by atoms with Crippen LogP contribution in [-0.4, -0.2) is 57.7 Å². The minimum absolute atomic E-state index is 0.230. The largest absolute Gasteiger partial charge is 0.481 e. The SMILES string of the molecule is COC(=O)C[C@@H]1[C@H]2[C@H](O)[C@H](O)[C@H]1[C@](C)(C(=O)O)[C@@H]2C(=O)O. The second-order valence-corrected chi connectivity index (χ2v) is 5.93. The molecular weight excluding hydrogens is 284 g/mol. The van der Waals surface area contributed by atoms with Gasteiger partial charge in [-0.2, -0.15) is 0 Å². The zero-order valence-corrected chi connectivity index (χ0v) is 11.6. The summed E-state index contributed by atoms with van der Waals surface area (Å²) in [6.07, 6.45) is -2.97. The molecule has 4 N–H and O–H groups in total. The van der Waals surface area contributed by atoms with E-state index in [9.17, 15) is 34.8 Å². The summed E-state index contributed by atoms with van der Waals surface area (Å²) >= 11 is 0. The van der Waals surface area contributed by atoms with Gasteiger partial charge < -0.3 is 25.2 Å². The van der Waals surface area contributed by atoms with E-state index in [-0.39, 0.29) is 6.42 Å². The number of carbonyl (C=O) groups excluding carboxylic acids is 1. The fourth-order valence-corrected chi connectivity index (χ4v) is 4.27. The van der Waals surface area contributed by atoms with Crippen molar-refractivity contribution in [2.45, 2.75) is 25.6 Å². The Morgan fingerprint density at radius 3 is 2.14 bits per heavy atom. The van der Waals surface area contributed by atoms with E-state index < -0.39 is 59.2 Å². The monoisotopic (exact) mass is 302 g/mol. The standard InChI is InChI=1S/C13H18O8/c1-13(12(19)20)7-4(3-5(14)21-2)6(8(13)11(17)18)9(15)10(7)16/h4,6-10,15-16H,3H2,1-2H3,(H,17,18)(H,19,20)/t4-,6-,7+,8+,9+,10-,13+/m1/s1. The average molecular weight is 302 g/mol. The van der Waals surface area contributed by atoms with Crippen molar-refractivity contribution < 1.29 is 39.5 Å². The van der Waals surface area contributed by atoms with Crippen molar-refractivity contribution in [1.82, 2.24) is 0 Å². The van der Waals surface area contributed by atoms with Crippen LogP contribution in [0.1, 0.15) is 13.3 Å². The van der Waals surface area contributed by atoms with E-state index >= 15 is 0 Å². The van der Waals surface area contributed by atoms with Gasteiger partial charge in [-0.1, -0.05) is 0 Å². The third-order valence-corrected chi connectivity index (χ3v) is 5.15. The number of carboxylic acid groups (broad SMARTS) is 2. The van der Waals surface area contributed by atoms with Crippen LogP contribution in [0.2, 0.25) is 0 Å². The molecule has 2 fully saturated rings. The van der Waals surface area contributed by atoms with Crippen molar-refractivity contribution >= 4 is 17.9 Å². The molecule has 0 saturated heterocycles. The summed E-state index contributed by atoms with van der Waals surface area (Å²) in [4.78, 5) is 34.6. The van der Waals surface area contributed by atoms with Gasteiger partial charge in [0, 0.05) is 18.3 Å². The van der Waals surface area contributed by atoms with E-state index in [1.807, 2.05) is 0 Å². The summed E-state index contributed by atoms with van der Waals surface area (Å²) in [5, 5.41) is 38.9. The lowest BCUT2D eigenvalue weighted by molar-refractivity contribution is -0.176. The molecule has 0 heterocycles. The first-order valence-corrected chi connectivity index (χ1v) is 6.57. The van der Waals surface area contributed by atoms with Crippen LogP contribution in [0, 0.1) is 29.1 Å². The number of aliphatic hydroxyl groups excluding tert-OH is 2. The van der Waals surface area contributed by atoms with Crippen LogP contribution in [0.4, 0.5) is 0 Å². The number of hydrogen-bond donors (Lipinski definition) is 4. The van der Waals surface area contributed by atoms with Gasteiger partial charge in [0.2, 0.25) is 0 Å². The molecule has 2 aliphatic rings. The average Bonchev–Trinajstić information content (AvgIpc) is 2.78. The summed E-state index contributed by atoms with van der Waals surface area (Å²) in [5.41, 5.74) is -1.74. The van der Waals surface area contributed by atoms with Gasteiger partial charge in [0.1, 0.15) is 0 Å². The Hall–Kier alpha value is -1.67. The van der Waals surface area contributed by atoms with Crippen molar-refractivity contribution in [2.24, 2.45) is 29.1 Å². The molecule has 8 heteroatoms. The summed E-state index contributed by atoms with van der Waals surface area (Å²) < 4.78 is 4.53. The Morgan fingerprint density at radius 1 is 1.14 bits per heavy atom. The maximum atomic E-state index is 11.6. The van der Waals surface area contributed by atoms with Crippen LogP contribution >= 0.6 is 0 Å². The van der Waals surface area contributed by atoms with Crippen molar-refractivity contribution in [3.63, 3.8) is 0 Å². The first kappa shape index (κ1) is 15.7. The zero-order valence-electron chi connectivity index (χ0n) is 11.6. The molecule has 118 valence electrons. The maximum Gasteiger partial charge on any atom is 0.310 e. The number of carboxylic acids is 2. The first-order valence-electron chi connectivity index (χ1n) is 6.57. The van der Waals surface area contributed by atoms with E-state index in [1.54, 1.807) is 0 Å². The quantitative estimate of drug-likeness (QED) is 0.481. The topological polar surface area (TPSA) is 141 Å². The van der Waals surface area contributed by atoms with Gasteiger partial charge in [-0.3, -0.25) is 14.4 Å². The molecule has 2 bridgehead atoms. The van der Waals surface area contributed by atoms with E-state index in [1.165, 1.54) is 6.92 Å². The van der Waals surface area contributed by atoms with Crippen LogP contribution in [0.25, 0.3) is 0 Å². The number of carbonyl (C=O) groups is 3. The second-order valence-electron chi connectivity index (χ2n) is 5.93. The highest BCUT2D eigenvalue weighted by Crippen LogP contribution is 2.63. The van der Waals surface area contributed by atoms with Gasteiger partial charge in [0.25, 0.3) is 0 Å². The molecule has 0 aromatic carbocycles. The Kier molecular flexibility index (Phi) is 3.71. The first-order chi connectivity index (χ1) is 9.67. The molecule has 0 aromatic rings. The molecule has 2 saturated carbocycles. The van der Waals surface area contributed by atoms with Crippen LogP contribution in [0.3, 0.4) is 0 Å². The van der Waals surface area contributed by atoms with E-state index in [2.05, 4.69) is 4.74 Å². The number of methoxy groups -OCH3 is 1. The summed E-state index contributed by atoms with van der Waals surface area (Å²) in [5.74, 6) is -7.47. The molecule has 0 unspecified atom stereocenters. The van der Waals surface area contributed by atoms with Gasteiger partial charge in [0.15, 0.2) is 0 Å². The van der Waals surface area contributed by atoms with Crippen molar-refractivity contribution in [2.75, 3.05) is 7.11 Å². The second kappa shape index (κ2) is 4.96. The Labute approximate surface area is 120 Å². The molecule has 0 radical (unpaired) electrons. The predicted octanol–water partition coefficient (Wildman–Crippen LogP) is -1.06. The number of hydrogen-bond acceptors (Lipinski definition) is 6. The Morgan fingerprint density at radius 2 is 1.71 bits per heavy atom. The number of fused-ring (bicyclic) bond motifs is 2. The molecule has 0 spiro atoms. The molecule has 21 heavy (non-hydrogen) atoms. The maximum absolute atomic E-state index is 11.6. The molecule has 7 atom stereocenters. The minimum atomic E-state index is -1.74. The molecule has 0 aliphatic heterocycles. The van der Waals surface area contributed by atoms with E-state index in [4.69, 9.17) is 0 Å². The fourth-order valence-electron chi connectivity index (χ4n) is 4.27. The summed E-state index contributed by atoms with van der Waals surface area (Å²) in [6.45, 7) is 1.25. The summed E-state index contributed by atoms with van der Waals surface area (Å²) in [7, 11) is 1.16. The highest BCUT2D eigenvalue weighted by atomic mass is 16.5. The van der Waals surface area contributed by atoms with Crippen molar-refractivity contribution in [1.29, 1.82) is 0 Å². The third kappa shape index (κ3) is 1.93. The van der Waals surface area contributed by atoms with Crippen LogP contribution < -0.4 is 0 Å². The predicted molar refractivity (Wildman–Crippen MR) is 66.0 cm³/mol. The lowest BCUT2D eigenvalue weighted by Gasteiger charge is -2.39. The lowest BCUT2D eigenvalue weighted by Crippen LogP contribution is -2.54. The van der Waals surface area contributed by atoms with Gasteiger partial charge in [-0.25, -0.2) is 0 Å². The zero-order chi connectivity index (χ0) is 16.1. The van der Waals surface area contributed by atoms with Crippen molar-refractivity contribution in [3.8, 4) is 0 Å². The molecule has 2 rings (SSSR count). The Balaban J connectivity index is 2.49. The van der Waals surface area contributed by atoms with Gasteiger partial charge in [0.05, 0.1) is 30.7 Å². The van der Waals surface area contributed by atoms with Gasteiger partial charge in [-0.15, -0.1) is 0 Å². The molecule has 0 amide bonds. The highest BCUT2D eigenvalue weighted by Gasteiger charge is 2.73. The van der Waals surface area contributed by atoms with E-state index in [0.29, 0.717) is 0 Å². The molecule has 8 nitrogen and oxygen atoms in total. The molecular formula is C13H18O8. The summed E-state index contributed by atoms with van der Waals surface area (Å²) in [6, 6.07) is 0. The fraction of sp³-hybridized carbons (Fsp3) is 0.769. The lowest BCUT2D eigenvalue weighted by atomic mass is 9.65. The Bertz CT molecular complexity index is 489. The molecule has 0 aromatic heterocycles. The van der Waals surface area contributed by atoms with Crippen LogP contribution in [0.5, 0.6) is 0 Å². The van der Waals surface area contributed by atoms with Crippen LogP contribution in [-0.2, 0) is 19.1 Å². The van der Waals surface area contributed by atoms with Gasteiger partial charge >= 0.3 is 17.9 Å². The van der Waals surface area contributed by atoms with Gasteiger partial charge in [-0.05, 0) is 12.8 Å². The van der Waals surface area contributed by atoms with E-state index in [0.717, 1.165) is 7.11 Å². The van der Waals surface area contributed by atoms with Crippen LogP contribution in [0.15, 0.2) is 0 Å². The number of aliphatic carboxylic acids is 2. The van der Waals surface area contributed by atoms with Crippen molar-refractivity contribution in [3.05, 3.63) is 0 Å². The number of esters is 1. The smallest absolute Gasteiger partial charge is 0.310 e. The number of rotatable bonds is 4. The normalized spacial score (nSPS) is 44.6. The number of aliphatic hydroxyl groups is 2. The minimum Gasteiger partial charge on any atom is -0.481 e. The third-order valence-electron chi connectivity index (χ3n) is 5.15. The highest BCUT2D eigenvalue weighted by molar-refractivity contribution is 5.86. The molecule has 2 aliphatic carbocycles.